The lowest BCUT2D eigenvalue weighted by atomic mass is 10.3. The van der Waals surface area contributed by atoms with Crippen LogP contribution in [0.5, 0.6) is 0 Å². The minimum Gasteiger partial charge on any atom is -0.312 e. The van der Waals surface area contributed by atoms with E-state index in [9.17, 15) is 0 Å². The second-order valence-corrected chi connectivity index (χ2v) is 2.92. The van der Waals surface area contributed by atoms with Gasteiger partial charge in [-0.05, 0) is 27.6 Å². The summed E-state index contributed by atoms with van der Waals surface area (Å²) in [7, 11) is 6.00. The van der Waals surface area contributed by atoms with Crippen molar-refractivity contribution >= 4 is 16.8 Å². The molecule has 82 valence electrons. The number of rotatable bonds is 4. The molecule has 0 radical (unpaired) electrons. The van der Waals surface area contributed by atoms with Crippen LogP contribution in [0.3, 0.4) is 0 Å². The van der Waals surface area contributed by atoms with E-state index < -0.39 is 0 Å². The molecule has 5 heteroatoms. The number of hydrogen-bond acceptors (Lipinski definition) is 3. The Labute approximate surface area is 87.1 Å². The van der Waals surface area contributed by atoms with Gasteiger partial charge in [0.25, 0.3) is 0 Å². The van der Waals surface area contributed by atoms with E-state index in [-0.39, 0.29) is 16.8 Å². The van der Waals surface area contributed by atoms with Gasteiger partial charge in [-0.15, -0.1) is 0 Å². The second-order valence-electron chi connectivity index (χ2n) is 2.92. The maximum Gasteiger partial charge on any atom is 0.0814 e. The molecule has 13 heavy (non-hydrogen) atoms. The van der Waals surface area contributed by atoms with Crippen molar-refractivity contribution in [3.8, 4) is 0 Å². The summed E-state index contributed by atoms with van der Waals surface area (Å²) in [6.07, 6.45) is 3.54. The summed E-state index contributed by atoms with van der Waals surface area (Å²) in [6.45, 7) is 2.85. The largest absolute Gasteiger partial charge is 0.312 e. The van der Waals surface area contributed by atoms with Gasteiger partial charge in [-0.3, -0.25) is 0 Å². The molecule has 0 aliphatic carbocycles. The van der Waals surface area contributed by atoms with E-state index in [2.05, 4.69) is 11.8 Å². The Bertz CT molecular complexity index is 59.4. The summed E-state index contributed by atoms with van der Waals surface area (Å²) < 4.78 is 0. The lowest BCUT2D eigenvalue weighted by Gasteiger charge is -1.92. The predicted molar refractivity (Wildman–Crippen MR) is 69.2 cm³/mol. The van der Waals surface area contributed by atoms with Gasteiger partial charge in [-0.2, -0.15) is 0 Å². The molecule has 0 saturated heterocycles. The molecule has 0 spiro atoms. The standard InChI is InChI=1S/C5H13NO.C3H9N.2BH3/c1-2-3-4-5-7-6;1-4(2)3;;/h2-6H2,1H3;1-3H3;2*1H3. The quantitative estimate of drug-likeness (QED) is 0.346. The average Bonchev–Trinajstić information content (AvgIpc) is 1.88. The van der Waals surface area contributed by atoms with Crippen molar-refractivity contribution in [1.29, 1.82) is 0 Å². The number of nitrogens with two attached hydrogens (primary N) is 1. The number of unbranched alkanes of at least 4 members (excludes halogenated alkanes) is 2. The van der Waals surface area contributed by atoms with E-state index in [0.29, 0.717) is 6.61 Å². The smallest absolute Gasteiger partial charge is 0.0814 e. The summed E-state index contributed by atoms with van der Waals surface area (Å²) in [4.78, 5) is 6.34. The van der Waals surface area contributed by atoms with Crippen LogP contribution in [0, 0.1) is 0 Å². The van der Waals surface area contributed by atoms with Crippen molar-refractivity contribution in [3.63, 3.8) is 0 Å². The predicted octanol–water partition coefficient (Wildman–Crippen LogP) is -1.12. The molecule has 0 aromatic carbocycles. The van der Waals surface area contributed by atoms with Gasteiger partial charge in [0.15, 0.2) is 0 Å². The molecule has 0 heterocycles. The molecule has 0 aliphatic rings. The highest BCUT2D eigenvalue weighted by molar-refractivity contribution is 5.76. The zero-order valence-corrected chi connectivity index (χ0v) is 8.26. The monoisotopic (exact) mass is 190 g/mol. The molecule has 0 aliphatic heterocycles. The van der Waals surface area contributed by atoms with E-state index in [0.717, 1.165) is 6.42 Å². The van der Waals surface area contributed by atoms with Gasteiger partial charge in [0, 0.05) is 0 Å². The van der Waals surface area contributed by atoms with Crippen LogP contribution in [0.4, 0.5) is 0 Å². The van der Waals surface area contributed by atoms with Crippen molar-refractivity contribution < 1.29 is 4.84 Å². The molecule has 0 fully saturated rings. The van der Waals surface area contributed by atoms with Gasteiger partial charge in [0.2, 0.25) is 0 Å². The average molecular weight is 190 g/mol. The first-order chi connectivity index (χ1) is 5.15. The highest BCUT2D eigenvalue weighted by Gasteiger charge is 1.80. The molecule has 0 rings (SSSR count). The third-order valence-corrected chi connectivity index (χ3v) is 0.866. The molecule has 0 bridgehead atoms. The highest BCUT2D eigenvalue weighted by Crippen LogP contribution is 1.91. The summed E-state index contributed by atoms with van der Waals surface area (Å²) in [5.41, 5.74) is 0. The van der Waals surface area contributed by atoms with Crippen molar-refractivity contribution in [2.24, 2.45) is 5.90 Å². The third-order valence-electron chi connectivity index (χ3n) is 0.866. The van der Waals surface area contributed by atoms with Crippen molar-refractivity contribution in [2.45, 2.75) is 26.2 Å². The fourth-order valence-corrected chi connectivity index (χ4v) is 0.435. The number of hydrogen-bond donors (Lipinski definition) is 1. The van der Waals surface area contributed by atoms with Crippen LogP contribution >= 0.6 is 0 Å². The summed E-state index contributed by atoms with van der Waals surface area (Å²) >= 11 is 0. The molecule has 0 unspecified atom stereocenters. The van der Waals surface area contributed by atoms with Crippen molar-refractivity contribution in [2.75, 3.05) is 27.7 Å². The van der Waals surface area contributed by atoms with Gasteiger partial charge in [0.1, 0.15) is 0 Å². The zero-order chi connectivity index (χ0) is 9.11. The van der Waals surface area contributed by atoms with E-state index in [1.807, 2.05) is 26.0 Å². The van der Waals surface area contributed by atoms with E-state index in [1.54, 1.807) is 0 Å². The molecule has 0 amide bonds. The van der Waals surface area contributed by atoms with Gasteiger partial charge >= 0.3 is 0 Å². The minimum absolute atomic E-state index is 0. The first kappa shape index (κ1) is 23.1. The Kier molecular flexibility index (Phi) is 40.3. The van der Waals surface area contributed by atoms with Gasteiger partial charge in [-0.25, -0.2) is 5.90 Å². The summed E-state index contributed by atoms with van der Waals surface area (Å²) in [5.74, 6) is 4.77. The molecular formula is C8H28B2N2O. The number of nitrogens with zero attached hydrogens (tertiary/aromatic N) is 1. The fraction of sp³-hybridized carbons (Fsp3) is 1.00. The molecule has 0 aromatic heterocycles. The Morgan fingerprint density at radius 2 is 1.46 bits per heavy atom. The van der Waals surface area contributed by atoms with Crippen LogP contribution in [0.15, 0.2) is 0 Å². The molecule has 0 atom stereocenters. The minimum atomic E-state index is 0. The SMILES string of the molecule is B.B.CCCCCON.CN(C)C. The lowest BCUT2D eigenvalue weighted by molar-refractivity contribution is 0.134. The molecule has 0 saturated carbocycles. The molecular weight excluding hydrogens is 162 g/mol. The van der Waals surface area contributed by atoms with Crippen LogP contribution in [-0.2, 0) is 4.84 Å². The van der Waals surface area contributed by atoms with Crippen LogP contribution in [0.1, 0.15) is 26.2 Å². The topological polar surface area (TPSA) is 38.5 Å². The van der Waals surface area contributed by atoms with E-state index in [4.69, 9.17) is 5.90 Å². The van der Waals surface area contributed by atoms with Crippen LogP contribution in [0.2, 0.25) is 0 Å². The molecule has 2 N–H and O–H groups in total. The third kappa shape index (κ3) is 74.8. The Morgan fingerprint density at radius 1 is 1.08 bits per heavy atom. The lowest BCUT2D eigenvalue weighted by Crippen LogP contribution is -1.99. The zero-order valence-electron chi connectivity index (χ0n) is 8.26. The second kappa shape index (κ2) is 22.7. The molecule has 0 aromatic rings. The van der Waals surface area contributed by atoms with Crippen LogP contribution in [0.25, 0.3) is 0 Å². The first-order valence-corrected chi connectivity index (χ1v) is 4.07. The normalized spacial score (nSPS) is 7.85. The van der Waals surface area contributed by atoms with Gasteiger partial charge in [-0.1, -0.05) is 19.8 Å². The summed E-state index contributed by atoms with van der Waals surface area (Å²) in [6, 6.07) is 0. The van der Waals surface area contributed by atoms with Gasteiger partial charge in [0.05, 0.1) is 23.4 Å². The van der Waals surface area contributed by atoms with E-state index in [1.165, 1.54) is 12.8 Å². The first-order valence-electron chi connectivity index (χ1n) is 4.07. The van der Waals surface area contributed by atoms with Crippen molar-refractivity contribution in [1.82, 2.24) is 4.90 Å². The van der Waals surface area contributed by atoms with Crippen LogP contribution in [-0.4, -0.2) is 49.5 Å². The Hall–Kier alpha value is 0.00987. The molecule has 3 nitrogen and oxygen atoms in total. The van der Waals surface area contributed by atoms with Crippen molar-refractivity contribution in [3.05, 3.63) is 0 Å². The Morgan fingerprint density at radius 3 is 1.69 bits per heavy atom. The van der Waals surface area contributed by atoms with Crippen LogP contribution < -0.4 is 5.90 Å². The Balaban J connectivity index is -0.0000000600. The maximum atomic E-state index is 4.77. The van der Waals surface area contributed by atoms with Gasteiger partial charge < -0.3 is 9.74 Å². The fourth-order valence-electron chi connectivity index (χ4n) is 0.435. The highest BCUT2D eigenvalue weighted by atomic mass is 16.6. The van der Waals surface area contributed by atoms with E-state index >= 15 is 0 Å². The maximum absolute atomic E-state index is 4.77. The summed E-state index contributed by atoms with van der Waals surface area (Å²) in [5, 5.41) is 0.